The molecule has 4 heterocycles. The summed E-state index contributed by atoms with van der Waals surface area (Å²) < 4.78 is 31.4. The average Bonchev–Trinajstić information content (AvgIpc) is 3.73. The number of aromatic nitrogens is 1. The lowest BCUT2D eigenvalue weighted by Crippen LogP contribution is -2.57. The highest BCUT2D eigenvalue weighted by Crippen LogP contribution is 2.45. The van der Waals surface area contributed by atoms with E-state index in [9.17, 15) is 14.7 Å². The maximum atomic E-state index is 13.5. The Bertz CT molecular complexity index is 2210. The smallest absolute Gasteiger partial charge is 0.262 e. The third-order valence-corrected chi connectivity index (χ3v) is 19.1. The molecule has 1 spiro atoms. The number of benzene rings is 3. The number of phenolic OH excluding ortho intramolecular Hbond substituents is 1. The molecule has 0 radical (unpaired) electrons. The molecule has 13 nitrogen and oxygen atoms in total. The monoisotopic (exact) mass is 928 g/mol. The molecule has 3 aliphatic heterocycles. The van der Waals surface area contributed by atoms with E-state index in [1.165, 1.54) is 21.2 Å². The fourth-order valence-electron chi connectivity index (χ4n) is 8.79. The predicted octanol–water partition coefficient (Wildman–Crippen LogP) is 8.18. The molecule has 15 heteroatoms. The first kappa shape index (κ1) is 48.8. The van der Waals surface area contributed by atoms with Crippen molar-refractivity contribution in [3.63, 3.8) is 0 Å². The topological polar surface area (TPSA) is 138 Å². The van der Waals surface area contributed by atoms with Crippen LogP contribution >= 0.6 is 11.5 Å². The van der Waals surface area contributed by atoms with E-state index < -0.39 is 14.4 Å². The van der Waals surface area contributed by atoms with Crippen LogP contribution in [0.2, 0.25) is 18.1 Å². The van der Waals surface area contributed by atoms with Crippen molar-refractivity contribution in [2.75, 3.05) is 95.5 Å². The molecule has 3 aromatic carbocycles. The van der Waals surface area contributed by atoms with Gasteiger partial charge >= 0.3 is 0 Å². The Balaban J connectivity index is 0.828. The number of fused-ring (bicyclic) bond motifs is 2. The number of morpholine rings is 1. The fraction of sp³-hybridized carbons (Fsp3) is 0.580. The van der Waals surface area contributed by atoms with Gasteiger partial charge in [-0.3, -0.25) is 9.59 Å². The van der Waals surface area contributed by atoms with Crippen molar-refractivity contribution < 1.29 is 33.3 Å². The molecule has 65 heavy (non-hydrogen) atoms. The maximum Gasteiger partial charge on any atom is 0.262 e. The summed E-state index contributed by atoms with van der Waals surface area (Å²) >= 11 is 1.59. The first-order chi connectivity index (χ1) is 31.2. The van der Waals surface area contributed by atoms with Gasteiger partial charge in [-0.25, -0.2) is 0 Å². The van der Waals surface area contributed by atoms with E-state index in [1.807, 2.05) is 11.0 Å². The Morgan fingerprint density at radius 2 is 1.83 bits per heavy atom. The lowest BCUT2D eigenvalue weighted by molar-refractivity contribution is -0.132. The molecule has 2 saturated heterocycles. The number of hydrogen-bond acceptors (Lipinski definition) is 12. The quantitative estimate of drug-likeness (QED) is 0.0424. The number of ether oxygens (including phenoxy) is 3. The Labute approximate surface area is 391 Å². The minimum atomic E-state index is -2.25. The van der Waals surface area contributed by atoms with Gasteiger partial charge in [-0.05, 0) is 97.2 Å². The van der Waals surface area contributed by atoms with Crippen LogP contribution in [-0.4, -0.2) is 130 Å². The van der Waals surface area contributed by atoms with Crippen molar-refractivity contribution in [3.05, 3.63) is 77.4 Å². The van der Waals surface area contributed by atoms with E-state index in [2.05, 4.69) is 110 Å². The lowest BCUT2D eigenvalue weighted by Gasteiger charge is -2.47. The van der Waals surface area contributed by atoms with Crippen molar-refractivity contribution in [1.82, 2.24) is 19.5 Å². The first-order valence-corrected chi connectivity index (χ1v) is 27.5. The van der Waals surface area contributed by atoms with Crippen molar-refractivity contribution in [1.29, 1.82) is 0 Å². The number of rotatable bonds is 21. The van der Waals surface area contributed by atoms with Crippen LogP contribution < -0.4 is 20.3 Å². The summed E-state index contributed by atoms with van der Waals surface area (Å²) in [5.74, 6) is 1.29. The van der Waals surface area contributed by atoms with Gasteiger partial charge in [-0.1, -0.05) is 70.5 Å². The van der Waals surface area contributed by atoms with Crippen LogP contribution in [0.15, 0.2) is 60.7 Å². The van der Waals surface area contributed by atoms with Crippen LogP contribution in [0.4, 0.5) is 11.5 Å². The van der Waals surface area contributed by atoms with Gasteiger partial charge in [0.05, 0.1) is 42.6 Å². The van der Waals surface area contributed by atoms with Gasteiger partial charge < -0.3 is 49.1 Å². The van der Waals surface area contributed by atoms with Crippen molar-refractivity contribution in [3.8, 4) is 11.5 Å². The molecular formula is C50H72N6O7SSi. The second kappa shape index (κ2) is 22.1. The number of amides is 2. The Kier molecular flexibility index (Phi) is 16.6. The van der Waals surface area contributed by atoms with Gasteiger partial charge in [-0.15, -0.1) is 0 Å². The zero-order valence-corrected chi connectivity index (χ0v) is 41.4. The molecule has 2 fully saturated rings. The number of nitrogens with zero attached hydrogens (tertiary/aromatic N) is 4. The average molecular weight is 929 g/mol. The number of nitrogens with one attached hydrogen (secondary N) is 2. The molecule has 0 aliphatic carbocycles. The maximum absolute atomic E-state index is 13.5. The minimum absolute atomic E-state index is 0.0416. The standard InChI is InChI=1S/C50H72N6O7SSi/c1-7-8-24-55(28-23-51-34-42(63-65(5,6)49(2,3)4)39-16-17-41(57)46-47(39)61-35-44(58)52-46)45(59)20-31-60-30-19-38-13-11-12-37(33-38)18-25-54-26-21-50(22-27-54)36-56(29-32-62-50)48-40-14-9-10-15-43(40)64-53-48/h9-17,33,42,51,57H,7-8,18-32,34-36H2,1-6H3,(H,52,58)/t42-/m0/s1. The lowest BCUT2D eigenvalue weighted by atomic mass is 9.89. The highest BCUT2D eigenvalue weighted by molar-refractivity contribution is 7.13. The molecule has 3 aliphatic rings. The highest BCUT2D eigenvalue weighted by Gasteiger charge is 2.42. The largest absolute Gasteiger partial charge is 0.506 e. The SMILES string of the molecule is CCCCN(CCNC[C@H](O[Si](C)(C)C(C)(C)C)c1ccc(O)c2c1OCC(=O)N2)C(=O)CCOCCc1cccc(CCN2CCC3(CC2)CN(c2nsc4ccccc24)CCO3)c1. The molecule has 0 saturated carbocycles. The number of piperidine rings is 1. The summed E-state index contributed by atoms with van der Waals surface area (Å²) in [6.07, 6.45) is 5.76. The van der Waals surface area contributed by atoms with Crippen molar-refractivity contribution in [2.24, 2.45) is 0 Å². The van der Waals surface area contributed by atoms with Crippen LogP contribution in [0.3, 0.4) is 0 Å². The van der Waals surface area contributed by atoms with Gasteiger partial charge in [0.1, 0.15) is 17.3 Å². The summed E-state index contributed by atoms with van der Waals surface area (Å²) in [4.78, 5) is 32.6. The van der Waals surface area contributed by atoms with E-state index in [1.54, 1.807) is 17.6 Å². The van der Waals surface area contributed by atoms with Gasteiger partial charge in [0, 0.05) is 69.9 Å². The molecule has 0 bridgehead atoms. The molecule has 1 atom stereocenters. The molecule has 0 unspecified atom stereocenters. The number of aromatic hydroxyl groups is 1. The van der Waals surface area contributed by atoms with E-state index >= 15 is 0 Å². The highest BCUT2D eigenvalue weighted by atomic mass is 32.1. The zero-order valence-electron chi connectivity index (χ0n) is 39.6. The number of unbranched alkanes of at least 4 members (excludes halogenated alkanes) is 1. The number of carbonyl (C=O) groups is 2. The van der Waals surface area contributed by atoms with Gasteiger partial charge in [0.2, 0.25) is 5.91 Å². The molecular weight excluding hydrogens is 857 g/mol. The van der Waals surface area contributed by atoms with Gasteiger partial charge in [0.25, 0.3) is 5.91 Å². The van der Waals surface area contributed by atoms with E-state index in [0.717, 1.165) is 89.2 Å². The predicted molar refractivity (Wildman–Crippen MR) is 263 cm³/mol. The molecule has 1 aromatic heterocycles. The summed E-state index contributed by atoms with van der Waals surface area (Å²) in [6, 6.07) is 20.8. The Hall–Kier alpha value is -4.09. The molecule has 2 amide bonds. The summed E-state index contributed by atoms with van der Waals surface area (Å²) in [6.45, 7) is 21.9. The molecule has 3 N–H and O–H groups in total. The second-order valence-electron chi connectivity index (χ2n) is 19.5. The van der Waals surface area contributed by atoms with E-state index in [-0.39, 0.29) is 40.5 Å². The third kappa shape index (κ3) is 12.7. The normalized spacial score (nSPS) is 17.2. The summed E-state index contributed by atoms with van der Waals surface area (Å²) in [7, 11) is -2.25. The van der Waals surface area contributed by atoms with E-state index in [4.69, 9.17) is 23.0 Å². The van der Waals surface area contributed by atoms with Crippen molar-refractivity contribution in [2.45, 2.75) is 102 Å². The van der Waals surface area contributed by atoms with Crippen LogP contribution in [0.1, 0.15) is 82.6 Å². The number of phenols is 1. The minimum Gasteiger partial charge on any atom is -0.506 e. The second-order valence-corrected chi connectivity index (χ2v) is 25.1. The zero-order chi connectivity index (χ0) is 46.0. The van der Waals surface area contributed by atoms with Crippen LogP contribution in [0.25, 0.3) is 10.1 Å². The molecule has 354 valence electrons. The van der Waals surface area contributed by atoms with Crippen LogP contribution in [0, 0.1) is 0 Å². The van der Waals surface area contributed by atoms with Crippen molar-refractivity contribution >= 4 is 53.3 Å². The number of anilines is 2. The first-order valence-electron chi connectivity index (χ1n) is 23.8. The Morgan fingerprint density at radius 3 is 2.62 bits per heavy atom. The van der Waals surface area contributed by atoms with Crippen LogP contribution in [-0.2, 0) is 36.3 Å². The number of carbonyl (C=O) groups excluding carboxylic acids is 2. The van der Waals surface area contributed by atoms with Crippen LogP contribution in [0.5, 0.6) is 11.5 Å². The summed E-state index contributed by atoms with van der Waals surface area (Å²) in [5.41, 5.74) is 3.55. The number of likely N-dealkylation sites (tertiary alicyclic amines) is 1. The molecule has 4 aromatic rings. The van der Waals surface area contributed by atoms with Gasteiger partial charge in [-0.2, -0.15) is 4.37 Å². The third-order valence-electron chi connectivity index (χ3n) is 13.8. The van der Waals surface area contributed by atoms with E-state index in [0.29, 0.717) is 51.6 Å². The number of hydrogen-bond donors (Lipinski definition) is 3. The Morgan fingerprint density at radius 1 is 1.05 bits per heavy atom. The summed E-state index contributed by atoms with van der Waals surface area (Å²) in [5, 5.41) is 18.0. The molecule has 7 rings (SSSR count). The van der Waals surface area contributed by atoms with Gasteiger partial charge in [0.15, 0.2) is 20.7 Å². The fourth-order valence-corrected chi connectivity index (χ4v) is 10.9.